The zero-order chi connectivity index (χ0) is 19.2. The summed E-state index contributed by atoms with van der Waals surface area (Å²) in [7, 11) is 1.15. The fourth-order valence-corrected chi connectivity index (χ4v) is 7.04. The zero-order valence-electron chi connectivity index (χ0n) is 15.8. The van der Waals surface area contributed by atoms with Crippen LogP contribution in [0.1, 0.15) is 45.4 Å². The van der Waals surface area contributed by atoms with E-state index in [2.05, 4.69) is 0 Å². The lowest BCUT2D eigenvalue weighted by molar-refractivity contribution is -0.209. The summed E-state index contributed by atoms with van der Waals surface area (Å²) in [6, 6.07) is 0. The Labute approximate surface area is 153 Å². The molecule has 0 radical (unpaired) electrons. The van der Waals surface area contributed by atoms with Crippen LogP contribution in [-0.4, -0.2) is 54.5 Å². The average Bonchev–Trinajstić information content (AvgIpc) is 2.55. The van der Waals surface area contributed by atoms with Crippen LogP contribution >= 0.6 is 0 Å². The van der Waals surface area contributed by atoms with E-state index in [4.69, 9.17) is 22.4 Å². The van der Waals surface area contributed by atoms with Gasteiger partial charge in [-0.1, -0.05) is 0 Å². The van der Waals surface area contributed by atoms with E-state index in [1.54, 1.807) is 0 Å². The molecule has 0 heterocycles. The molecule has 2 atom stereocenters. The Hall–Kier alpha value is -0.613. The van der Waals surface area contributed by atoms with Crippen molar-refractivity contribution in [1.82, 2.24) is 0 Å². The highest BCUT2D eigenvalue weighted by Crippen LogP contribution is 2.63. The number of esters is 1. The Morgan fingerprint density at radius 1 is 1.08 bits per heavy atom. The Morgan fingerprint density at radius 3 is 2.08 bits per heavy atom. The van der Waals surface area contributed by atoms with Crippen molar-refractivity contribution in [2.24, 2.45) is 17.3 Å². The van der Waals surface area contributed by atoms with Gasteiger partial charge in [-0.2, -0.15) is 0 Å². The maximum atomic E-state index is 13.1. The molecule has 4 rings (SSSR count). The summed E-state index contributed by atoms with van der Waals surface area (Å²) < 4.78 is 53.9. The fourth-order valence-electron chi connectivity index (χ4n) is 5.52. The normalized spacial score (nSPS) is 36.4. The van der Waals surface area contributed by atoms with Gasteiger partial charge in [0.05, 0.1) is 11.0 Å². The first-order valence-corrected chi connectivity index (χ1v) is 10.6. The predicted molar refractivity (Wildman–Crippen MR) is 89.3 cm³/mol. The van der Waals surface area contributed by atoms with Crippen LogP contribution < -0.4 is 0 Å². The molecule has 150 valence electrons. The number of carbonyl (C=O) groups is 1. The lowest BCUT2D eigenvalue weighted by Crippen LogP contribution is -2.64. The average molecular weight is 394 g/mol. The van der Waals surface area contributed by atoms with Crippen molar-refractivity contribution in [1.29, 1.82) is 0 Å². The monoisotopic (exact) mass is 394 g/mol. The molecule has 0 N–H and O–H groups in total. The molecule has 0 aliphatic heterocycles. The van der Waals surface area contributed by atoms with Gasteiger partial charge in [0.15, 0.2) is 6.61 Å². The van der Waals surface area contributed by atoms with Crippen molar-refractivity contribution < 1.29 is 36.0 Å². The van der Waals surface area contributed by atoms with Crippen molar-refractivity contribution >= 4 is 15.0 Å². The van der Waals surface area contributed by atoms with Crippen LogP contribution in [0.3, 0.4) is 0 Å². The molecule has 26 heavy (non-hydrogen) atoms. The van der Waals surface area contributed by atoms with Gasteiger partial charge < -0.3 is 22.4 Å². The smallest absolute Gasteiger partial charge is 0.459 e. The second-order valence-corrected chi connectivity index (χ2v) is 10.7. The summed E-state index contributed by atoms with van der Waals surface area (Å²) in [5.74, 6) is -2.94. The minimum atomic E-state index is -3.29. The van der Waals surface area contributed by atoms with Crippen LogP contribution in [0.5, 0.6) is 0 Å². The minimum absolute atomic E-state index is 0.309. The van der Waals surface area contributed by atoms with Crippen molar-refractivity contribution in [3.8, 4) is 0 Å². The number of hydrogen-bond acceptors (Lipinski definition) is 6. The van der Waals surface area contributed by atoms with Crippen LogP contribution in [0.25, 0.3) is 0 Å². The Kier molecular flexibility index (Phi) is 5.24. The van der Waals surface area contributed by atoms with Crippen LogP contribution in [0.4, 0.5) is 8.78 Å². The number of halogens is 2. The first-order valence-electron chi connectivity index (χ1n) is 8.99. The third-order valence-electron chi connectivity index (χ3n) is 5.99. The zero-order valence-corrected chi connectivity index (χ0v) is 16.8. The summed E-state index contributed by atoms with van der Waals surface area (Å²) in [5, 5.41) is 0. The minimum Gasteiger partial charge on any atom is -0.459 e. The molecule has 9 heteroatoms. The van der Waals surface area contributed by atoms with Gasteiger partial charge >= 0.3 is 15.0 Å². The third kappa shape index (κ3) is 3.69. The molecule has 6 nitrogen and oxygen atoms in total. The standard InChI is InChI=1S/C17H28F2O6Si/c1-15(18,19)11-24-14(20)16-6-12-5-13(7-16)9-17(8-12,10-16)25-26(21-2,22-3)23-4/h12-13H,5-11H2,1-4H3. The first-order chi connectivity index (χ1) is 12.1. The molecular formula is C17H28F2O6Si. The first kappa shape index (κ1) is 20.1. The van der Waals surface area contributed by atoms with E-state index in [1.807, 2.05) is 0 Å². The molecular weight excluding hydrogens is 366 g/mol. The second kappa shape index (κ2) is 6.77. The second-order valence-electron chi connectivity index (χ2n) is 8.29. The van der Waals surface area contributed by atoms with E-state index < -0.39 is 38.6 Å². The predicted octanol–water partition coefficient (Wildman–Crippen LogP) is 2.92. The molecule has 4 aliphatic carbocycles. The van der Waals surface area contributed by atoms with E-state index in [-0.39, 0.29) is 0 Å². The Morgan fingerprint density at radius 2 is 1.62 bits per heavy atom. The van der Waals surface area contributed by atoms with Gasteiger partial charge in [-0.05, 0) is 50.4 Å². The van der Waals surface area contributed by atoms with E-state index in [1.165, 1.54) is 21.3 Å². The van der Waals surface area contributed by atoms with Crippen molar-refractivity contribution in [2.45, 2.75) is 57.0 Å². The lowest BCUT2D eigenvalue weighted by atomic mass is 9.48. The summed E-state index contributed by atoms with van der Waals surface area (Å²) in [5.41, 5.74) is -1.35. The maximum Gasteiger partial charge on any atom is 0.679 e. The molecule has 0 saturated heterocycles. The maximum absolute atomic E-state index is 13.1. The number of rotatable bonds is 8. The fraction of sp³-hybridized carbons (Fsp3) is 0.941. The van der Waals surface area contributed by atoms with Crippen LogP contribution in [0.2, 0.25) is 0 Å². The lowest BCUT2D eigenvalue weighted by Gasteiger charge is -2.61. The molecule has 4 bridgehead atoms. The quantitative estimate of drug-likeness (QED) is 0.466. The number of alkyl halides is 2. The highest BCUT2D eigenvalue weighted by atomic mass is 28.4. The van der Waals surface area contributed by atoms with Crippen LogP contribution in [0, 0.1) is 17.3 Å². The largest absolute Gasteiger partial charge is 0.679 e. The molecule has 4 fully saturated rings. The highest BCUT2D eigenvalue weighted by molar-refractivity contribution is 6.53. The van der Waals surface area contributed by atoms with Crippen molar-refractivity contribution in [3.63, 3.8) is 0 Å². The van der Waals surface area contributed by atoms with Crippen molar-refractivity contribution in [3.05, 3.63) is 0 Å². The van der Waals surface area contributed by atoms with E-state index in [0.717, 1.165) is 26.2 Å². The van der Waals surface area contributed by atoms with Crippen molar-refractivity contribution in [2.75, 3.05) is 27.9 Å². The SMILES string of the molecule is CO[Si](OC)(OC)OC12CC3CC(C1)CC(C(=O)OCC(C)(F)F)(C3)C2. The number of carbonyl (C=O) groups excluding carboxylic acids is 1. The van der Waals surface area contributed by atoms with Gasteiger partial charge in [-0.25, -0.2) is 8.78 Å². The van der Waals surface area contributed by atoms with Gasteiger partial charge in [0, 0.05) is 28.3 Å². The molecule has 0 aromatic heterocycles. The molecule has 2 unspecified atom stereocenters. The molecule has 4 saturated carbocycles. The summed E-state index contributed by atoms with van der Waals surface area (Å²) >= 11 is 0. The third-order valence-corrected chi connectivity index (χ3v) is 8.17. The van der Waals surface area contributed by atoms with Crippen LogP contribution in [0.15, 0.2) is 0 Å². The molecule has 0 spiro atoms. The van der Waals surface area contributed by atoms with Gasteiger partial charge in [0.25, 0.3) is 5.92 Å². The highest BCUT2D eigenvalue weighted by Gasteiger charge is 2.65. The molecule has 0 aromatic rings. The topological polar surface area (TPSA) is 63.2 Å². The molecule has 4 aliphatic rings. The van der Waals surface area contributed by atoms with Gasteiger partial charge in [0.1, 0.15) is 0 Å². The number of ether oxygens (including phenoxy) is 1. The van der Waals surface area contributed by atoms with Gasteiger partial charge in [0.2, 0.25) is 0 Å². The van der Waals surface area contributed by atoms with E-state index >= 15 is 0 Å². The summed E-state index contributed by atoms with van der Waals surface area (Å²) in [4.78, 5) is 12.8. The number of hydrogen-bond donors (Lipinski definition) is 0. The molecule has 0 amide bonds. The molecule has 0 aromatic carbocycles. The summed E-state index contributed by atoms with van der Waals surface area (Å²) in [6.07, 6.45) is 4.41. The van der Waals surface area contributed by atoms with Gasteiger partial charge in [-0.3, -0.25) is 4.79 Å². The van der Waals surface area contributed by atoms with Crippen LogP contribution in [-0.2, 0) is 27.2 Å². The van der Waals surface area contributed by atoms with E-state index in [9.17, 15) is 13.6 Å². The Balaban J connectivity index is 1.81. The Bertz CT molecular complexity index is 526. The summed E-state index contributed by atoms with van der Waals surface area (Å²) in [6.45, 7) is -0.135. The van der Waals surface area contributed by atoms with Gasteiger partial charge in [-0.15, -0.1) is 0 Å². The van der Waals surface area contributed by atoms with E-state index in [0.29, 0.717) is 31.1 Å².